The zero-order valence-electron chi connectivity index (χ0n) is 30.3. The summed E-state index contributed by atoms with van der Waals surface area (Å²) in [5.41, 5.74) is -0.355. The number of anilines is 1. The average molecular weight is 706 g/mol. The molecular formula is C35H55N5O8S. The first-order valence-corrected chi connectivity index (χ1v) is 19.2. The molecule has 0 unspecified atom stereocenters. The van der Waals surface area contributed by atoms with Gasteiger partial charge in [-0.2, -0.15) is 4.31 Å². The van der Waals surface area contributed by atoms with Crippen molar-refractivity contribution in [3.63, 3.8) is 0 Å². The van der Waals surface area contributed by atoms with Crippen LogP contribution in [-0.4, -0.2) is 115 Å². The summed E-state index contributed by atoms with van der Waals surface area (Å²) in [7, 11) is -3.29. The number of rotatable bonds is 8. The Labute approximate surface area is 291 Å². The van der Waals surface area contributed by atoms with E-state index in [0.717, 1.165) is 12.8 Å². The predicted octanol–water partition coefficient (Wildman–Crippen LogP) is 3.85. The van der Waals surface area contributed by atoms with E-state index in [1.54, 1.807) is 49.9 Å². The lowest BCUT2D eigenvalue weighted by Crippen LogP contribution is -2.52. The van der Waals surface area contributed by atoms with Crippen molar-refractivity contribution < 1.29 is 37.1 Å². The lowest BCUT2D eigenvalue weighted by atomic mass is 9.78. The van der Waals surface area contributed by atoms with Gasteiger partial charge in [-0.05, 0) is 111 Å². The number of nitrogens with zero attached hydrogens (tertiary/aromatic N) is 3. The number of benzene rings is 1. The molecule has 2 aliphatic heterocycles. The van der Waals surface area contributed by atoms with Gasteiger partial charge in [-0.3, -0.25) is 14.5 Å². The van der Waals surface area contributed by atoms with Crippen molar-refractivity contribution in [2.45, 2.75) is 110 Å². The maximum absolute atomic E-state index is 14.1. The second kappa shape index (κ2) is 15.3. The van der Waals surface area contributed by atoms with Crippen LogP contribution in [-0.2, 0) is 29.1 Å². The van der Waals surface area contributed by atoms with Gasteiger partial charge in [0.15, 0.2) is 0 Å². The summed E-state index contributed by atoms with van der Waals surface area (Å²) in [5.74, 6) is -0.851. The van der Waals surface area contributed by atoms with Gasteiger partial charge in [0.25, 0.3) is 0 Å². The topological polar surface area (TPSA) is 155 Å². The SMILES string of the molecule is C[C@H](NC(=O)OC(C)(C)C)[C@H]1CC[C@H](C(=O)N2C[C@@H](N3CCN(S(C)(=O)=O)CC3)C[C@H]2C(=O)Nc2ccc(C(=O)OC(C)(C)C)cc2)CC1. The number of esters is 1. The van der Waals surface area contributed by atoms with Gasteiger partial charge in [-0.1, -0.05) is 0 Å². The highest BCUT2D eigenvalue weighted by Crippen LogP contribution is 2.35. The molecule has 2 N–H and O–H groups in total. The zero-order valence-corrected chi connectivity index (χ0v) is 31.1. The second-order valence-corrected chi connectivity index (χ2v) is 17.7. The summed E-state index contributed by atoms with van der Waals surface area (Å²) in [6.07, 6.45) is 4.02. The molecule has 0 radical (unpaired) electrons. The molecule has 1 saturated carbocycles. The first-order chi connectivity index (χ1) is 22.7. The third-order valence-electron chi connectivity index (χ3n) is 9.48. The molecule has 0 aromatic heterocycles. The molecule has 1 aromatic rings. The number of alkyl carbamates (subject to hydrolysis) is 1. The Balaban J connectivity index is 1.43. The highest BCUT2D eigenvalue weighted by molar-refractivity contribution is 7.88. The van der Waals surface area contributed by atoms with E-state index in [2.05, 4.69) is 15.5 Å². The number of sulfonamides is 1. The molecule has 4 rings (SSSR count). The lowest BCUT2D eigenvalue weighted by molar-refractivity contribution is -0.141. The second-order valence-electron chi connectivity index (χ2n) is 15.7. The fourth-order valence-corrected chi connectivity index (χ4v) is 7.76. The Morgan fingerprint density at radius 1 is 0.857 bits per heavy atom. The molecule has 14 heteroatoms. The number of nitrogens with one attached hydrogen (secondary N) is 2. The number of carbonyl (C=O) groups is 4. The monoisotopic (exact) mass is 705 g/mol. The van der Waals surface area contributed by atoms with Crippen LogP contribution >= 0.6 is 0 Å². The van der Waals surface area contributed by atoms with Crippen LogP contribution in [0.3, 0.4) is 0 Å². The summed E-state index contributed by atoms with van der Waals surface area (Å²) in [5, 5.41) is 5.89. The van der Waals surface area contributed by atoms with Crippen LogP contribution in [0.1, 0.15) is 90.9 Å². The number of amides is 3. The molecule has 3 amide bonds. The first-order valence-electron chi connectivity index (χ1n) is 17.3. The van der Waals surface area contributed by atoms with Crippen LogP contribution in [0.15, 0.2) is 24.3 Å². The molecule has 49 heavy (non-hydrogen) atoms. The van der Waals surface area contributed by atoms with E-state index < -0.39 is 39.3 Å². The summed E-state index contributed by atoms with van der Waals surface area (Å²) in [6, 6.07) is 5.59. The fourth-order valence-electron chi connectivity index (χ4n) is 6.94. The van der Waals surface area contributed by atoms with Crippen LogP contribution in [0.25, 0.3) is 0 Å². The minimum Gasteiger partial charge on any atom is -0.456 e. The third kappa shape index (κ3) is 10.9. The quantitative estimate of drug-likeness (QED) is 0.384. The Bertz CT molecular complexity index is 1450. The number of hydrogen-bond acceptors (Lipinski definition) is 9. The van der Waals surface area contributed by atoms with Gasteiger partial charge in [-0.15, -0.1) is 0 Å². The van der Waals surface area contributed by atoms with E-state index in [1.807, 2.05) is 27.7 Å². The van der Waals surface area contributed by atoms with Crippen LogP contribution in [0, 0.1) is 11.8 Å². The molecule has 3 fully saturated rings. The molecule has 3 aliphatic rings. The third-order valence-corrected chi connectivity index (χ3v) is 10.8. The fraction of sp³-hybridized carbons (Fsp3) is 0.714. The van der Waals surface area contributed by atoms with Gasteiger partial charge in [0, 0.05) is 56.4 Å². The van der Waals surface area contributed by atoms with Gasteiger partial charge in [0.2, 0.25) is 21.8 Å². The highest BCUT2D eigenvalue weighted by atomic mass is 32.2. The van der Waals surface area contributed by atoms with Crippen molar-refractivity contribution in [2.75, 3.05) is 44.3 Å². The number of piperazine rings is 1. The lowest BCUT2D eigenvalue weighted by Gasteiger charge is -2.37. The number of ether oxygens (including phenoxy) is 2. The van der Waals surface area contributed by atoms with Gasteiger partial charge in [0.05, 0.1) is 11.8 Å². The Morgan fingerprint density at radius 2 is 1.43 bits per heavy atom. The average Bonchev–Trinajstić information content (AvgIpc) is 3.45. The number of carbonyl (C=O) groups excluding carboxylic acids is 4. The van der Waals surface area contributed by atoms with E-state index in [0.29, 0.717) is 63.2 Å². The van der Waals surface area contributed by atoms with Gasteiger partial charge < -0.3 is 25.0 Å². The first kappa shape index (κ1) is 38.6. The largest absolute Gasteiger partial charge is 0.456 e. The van der Waals surface area contributed by atoms with Crippen LogP contribution in [0.2, 0.25) is 0 Å². The van der Waals surface area contributed by atoms with Crippen molar-refractivity contribution in [3.05, 3.63) is 29.8 Å². The van der Waals surface area contributed by atoms with Gasteiger partial charge >= 0.3 is 12.1 Å². The van der Waals surface area contributed by atoms with Crippen LogP contribution in [0.5, 0.6) is 0 Å². The van der Waals surface area contributed by atoms with Gasteiger partial charge in [-0.25, -0.2) is 18.0 Å². The Kier molecular flexibility index (Phi) is 12.1. The standard InChI is InChI=1S/C35H55N5O8S/c1-23(36-33(44)48-35(5,6)7)24-9-11-25(12-10-24)31(42)40-22-28(38-17-19-39(20-18-38)49(8,45)46)21-29(40)30(41)37-27-15-13-26(14-16-27)32(43)47-34(2,3)4/h13-16,23-25,28-29H,9-12,17-22H2,1-8H3,(H,36,44)(H,37,41)/t23-,24-,25-,28-,29-/m0/s1. The zero-order chi connectivity index (χ0) is 36.3. The summed E-state index contributed by atoms with van der Waals surface area (Å²) in [4.78, 5) is 56.6. The Hall–Kier alpha value is -3.23. The molecule has 0 bridgehead atoms. The molecule has 0 spiro atoms. The molecule has 2 heterocycles. The predicted molar refractivity (Wildman–Crippen MR) is 186 cm³/mol. The van der Waals surface area contributed by atoms with Crippen molar-refractivity contribution in [3.8, 4) is 0 Å². The number of hydrogen-bond donors (Lipinski definition) is 2. The molecule has 13 nitrogen and oxygen atoms in total. The smallest absolute Gasteiger partial charge is 0.407 e. The number of likely N-dealkylation sites (tertiary alicyclic amines) is 1. The van der Waals surface area contributed by atoms with Gasteiger partial charge in [0.1, 0.15) is 17.2 Å². The minimum atomic E-state index is -3.29. The van der Waals surface area contributed by atoms with Crippen molar-refractivity contribution in [1.29, 1.82) is 0 Å². The van der Waals surface area contributed by atoms with E-state index in [-0.39, 0.29) is 35.7 Å². The molecule has 274 valence electrons. The minimum absolute atomic E-state index is 0.0519. The summed E-state index contributed by atoms with van der Waals surface area (Å²) < 4.78 is 36.5. The van der Waals surface area contributed by atoms with Crippen LogP contribution in [0.4, 0.5) is 10.5 Å². The molecule has 2 saturated heterocycles. The van der Waals surface area contributed by atoms with E-state index in [1.165, 1.54) is 10.6 Å². The maximum atomic E-state index is 14.1. The van der Waals surface area contributed by atoms with Crippen molar-refractivity contribution in [2.24, 2.45) is 11.8 Å². The van der Waals surface area contributed by atoms with Crippen molar-refractivity contribution >= 4 is 39.6 Å². The maximum Gasteiger partial charge on any atom is 0.407 e. The van der Waals surface area contributed by atoms with E-state index in [9.17, 15) is 27.6 Å². The Morgan fingerprint density at radius 3 is 1.96 bits per heavy atom. The normalized spacial score (nSPS) is 24.9. The van der Waals surface area contributed by atoms with E-state index in [4.69, 9.17) is 9.47 Å². The summed E-state index contributed by atoms with van der Waals surface area (Å²) >= 11 is 0. The molecule has 1 aromatic carbocycles. The summed E-state index contributed by atoms with van der Waals surface area (Å²) in [6.45, 7) is 15.0. The highest BCUT2D eigenvalue weighted by Gasteiger charge is 2.45. The van der Waals surface area contributed by atoms with Crippen molar-refractivity contribution in [1.82, 2.24) is 19.4 Å². The molecule has 1 aliphatic carbocycles. The molecular weight excluding hydrogens is 650 g/mol. The van der Waals surface area contributed by atoms with E-state index >= 15 is 0 Å². The van der Waals surface area contributed by atoms with Crippen LogP contribution < -0.4 is 10.6 Å². The molecule has 3 atom stereocenters.